The Bertz CT molecular complexity index is 732. The molecule has 0 aliphatic rings. The van der Waals surface area contributed by atoms with Crippen molar-refractivity contribution in [2.75, 3.05) is 26.4 Å². The Balaban J connectivity index is 0.00000302. The summed E-state index contributed by atoms with van der Waals surface area (Å²) < 4.78 is 15.0. The topological polar surface area (TPSA) is 140 Å². The molecule has 0 saturated heterocycles. The van der Waals surface area contributed by atoms with E-state index in [4.69, 9.17) is 14.2 Å². The lowest BCUT2D eigenvalue weighted by atomic mass is 9.93. The summed E-state index contributed by atoms with van der Waals surface area (Å²) in [6, 6.07) is 3.96. The van der Waals surface area contributed by atoms with Crippen molar-refractivity contribution in [3.8, 4) is 11.5 Å². The number of aliphatic hydroxyl groups excluding tert-OH is 1. The molecule has 1 rings (SSSR count). The zero-order valence-corrected chi connectivity index (χ0v) is 19.6. The van der Waals surface area contributed by atoms with E-state index in [-0.39, 0.29) is 43.7 Å². The van der Waals surface area contributed by atoms with Gasteiger partial charge in [-0.1, -0.05) is 40.2 Å². The van der Waals surface area contributed by atoms with E-state index in [1.165, 1.54) is 31.5 Å². The van der Waals surface area contributed by atoms with Crippen molar-refractivity contribution in [3.63, 3.8) is 0 Å². The van der Waals surface area contributed by atoms with Crippen LogP contribution in [-0.4, -0.2) is 59.7 Å². The van der Waals surface area contributed by atoms with Gasteiger partial charge in [-0.05, 0) is 31.0 Å². The lowest BCUT2D eigenvalue weighted by Gasteiger charge is -2.25. The van der Waals surface area contributed by atoms with Crippen LogP contribution in [0.15, 0.2) is 18.2 Å². The first-order valence-corrected chi connectivity index (χ1v) is 10.7. The minimum absolute atomic E-state index is 0.137. The molecule has 0 saturated carbocycles. The van der Waals surface area contributed by atoms with Crippen molar-refractivity contribution < 1.29 is 43.9 Å². The number of aliphatic hydroxyl groups is 1. The molecule has 3 N–H and O–H groups in total. The highest BCUT2D eigenvalue weighted by Crippen LogP contribution is 2.25. The number of carbonyl (C=O) groups excluding carboxylic acids is 3. The number of carbonyl (C=O) groups is 3. The maximum Gasteiger partial charge on any atom is 0.317 e. The van der Waals surface area contributed by atoms with E-state index in [1.807, 2.05) is 6.92 Å². The minimum atomic E-state index is -1.42. The number of esters is 3. The van der Waals surface area contributed by atoms with Gasteiger partial charge in [0.25, 0.3) is 0 Å². The second-order valence-electron chi connectivity index (χ2n) is 7.70. The Morgan fingerprint density at radius 1 is 1.00 bits per heavy atom. The predicted octanol–water partition coefficient (Wildman–Crippen LogP) is 2.73. The summed E-state index contributed by atoms with van der Waals surface area (Å²) in [5.74, 6) is -2.81. The average Bonchev–Trinajstić information content (AvgIpc) is 2.77. The highest BCUT2D eigenvalue weighted by atomic mass is 16.6. The summed E-state index contributed by atoms with van der Waals surface area (Å²) >= 11 is 0. The highest BCUT2D eigenvalue weighted by molar-refractivity contribution is 5.78. The van der Waals surface area contributed by atoms with E-state index < -0.39 is 29.9 Å². The van der Waals surface area contributed by atoms with E-state index in [1.54, 1.807) is 6.92 Å². The maximum atomic E-state index is 12.2. The van der Waals surface area contributed by atoms with Crippen molar-refractivity contribution >= 4 is 17.9 Å². The molecule has 32 heavy (non-hydrogen) atoms. The van der Waals surface area contributed by atoms with Crippen LogP contribution >= 0.6 is 0 Å². The molecule has 182 valence electrons. The Labute approximate surface area is 189 Å². The van der Waals surface area contributed by atoms with Crippen LogP contribution in [0.25, 0.3) is 0 Å². The van der Waals surface area contributed by atoms with Crippen molar-refractivity contribution in [1.82, 2.24) is 0 Å². The lowest BCUT2D eigenvalue weighted by molar-refractivity contribution is -0.169. The molecule has 0 fully saturated rings. The van der Waals surface area contributed by atoms with E-state index in [2.05, 4.69) is 13.8 Å². The summed E-state index contributed by atoms with van der Waals surface area (Å²) in [5, 5.41) is 28.1. The van der Waals surface area contributed by atoms with Gasteiger partial charge in [-0.3, -0.25) is 14.4 Å². The number of phenols is 2. The monoisotopic (exact) mass is 456 g/mol. The number of rotatable bonds is 11. The van der Waals surface area contributed by atoms with Crippen LogP contribution in [0.3, 0.4) is 0 Å². The van der Waals surface area contributed by atoms with Gasteiger partial charge in [0.05, 0.1) is 18.9 Å². The lowest BCUT2D eigenvalue weighted by Crippen LogP contribution is -2.39. The summed E-state index contributed by atoms with van der Waals surface area (Å²) in [7, 11) is 0. The quantitative estimate of drug-likeness (QED) is 0.198. The zero-order valence-electron chi connectivity index (χ0n) is 19.6. The zero-order chi connectivity index (χ0) is 24.7. The second kappa shape index (κ2) is 15.1. The second-order valence-corrected chi connectivity index (χ2v) is 7.70. The third-order valence-electron chi connectivity index (χ3n) is 4.36. The first-order chi connectivity index (χ1) is 15.0. The van der Waals surface area contributed by atoms with Crippen molar-refractivity contribution in [3.05, 3.63) is 23.8 Å². The molecule has 1 aromatic rings. The van der Waals surface area contributed by atoms with Gasteiger partial charge >= 0.3 is 17.9 Å². The van der Waals surface area contributed by atoms with E-state index >= 15 is 0 Å². The summed E-state index contributed by atoms with van der Waals surface area (Å²) in [4.78, 5) is 35.7. The molecule has 9 heteroatoms. The molecular formula is C23H36O9. The molecule has 0 aliphatic carbocycles. The number of aromatic hydroxyl groups is 2. The molecule has 0 aromatic heterocycles. The van der Waals surface area contributed by atoms with Gasteiger partial charge in [0, 0.05) is 0 Å². The molecule has 0 bridgehead atoms. The molecule has 2 unspecified atom stereocenters. The van der Waals surface area contributed by atoms with Gasteiger partial charge in [-0.15, -0.1) is 0 Å². The van der Waals surface area contributed by atoms with Crippen molar-refractivity contribution in [1.29, 1.82) is 0 Å². The van der Waals surface area contributed by atoms with Crippen LogP contribution in [0, 0.1) is 11.3 Å². The van der Waals surface area contributed by atoms with Crippen LogP contribution in [0.1, 0.15) is 53.0 Å². The summed E-state index contributed by atoms with van der Waals surface area (Å²) in [6.45, 7) is 7.84. The fourth-order valence-corrected chi connectivity index (χ4v) is 2.07. The van der Waals surface area contributed by atoms with E-state index in [0.717, 1.165) is 0 Å². The first-order valence-electron chi connectivity index (χ1n) is 10.7. The van der Waals surface area contributed by atoms with Crippen LogP contribution in [0.5, 0.6) is 11.5 Å². The molecule has 9 nitrogen and oxygen atoms in total. The molecule has 0 aliphatic heterocycles. The number of hydrogen-bond donors (Lipinski definition) is 3. The molecule has 0 heterocycles. The smallest absolute Gasteiger partial charge is 0.317 e. The Kier molecular flexibility index (Phi) is 13.7. The molecule has 1 aromatic carbocycles. The predicted molar refractivity (Wildman–Crippen MR) is 117 cm³/mol. The summed E-state index contributed by atoms with van der Waals surface area (Å²) in [6.07, 6.45) is 1.70. The van der Waals surface area contributed by atoms with Gasteiger partial charge in [0.1, 0.15) is 25.2 Å². The van der Waals surface area contributed by atoms with Gasteiger partial charge in [0.15, 0.2) is 11.5 Å². The van der Waals surface area contributed by atoms with Crippen LogP contribution in [-0.2, 0) is 35.0 Å². The van der Waals surface area contributed by atoms with Gasteiger partial charge in [-0.2, -0.15) is 0 Å². The fourth-order valence-electron chi connectivity index (χ4n) is 2.07. The Morgan fingerprint density at radius 2 is 1.59 bits per heavy atom. The van der Waals surface area contributed by atoms with Crippen molar-refractivity contribution in [2.45, 2.75) is 53.9 Å². The largest absolute Gasteiger partial charge is 0.504 e. The maximum absolute atomic E-state index is 12.2. The normalized spacial score (nSPS) is 13.1. The molecular weight excluding hydrogens is 420 g/mol. The molecule has 0 amide bonds. The van der Waals surface area contributed by atoms with Gasteiger partial charge in [0.2, 0.25) is 0 Å². The Morgan fingerprint density at radius 3 is 2.12 bits per heavy atom. The number of hydrogen-bond acceptors (Lipinski definition) is 9. The minimum Gasteiger partial charge on any atom is -0.504 e. The van der Waals surface area contributed by atoms with Crippen LogP contribution in [0.4, 0.5) is 0 Å². The van der Waals surface area contributed by atoms with Gasteiger partial charge < -0.3 is 29.5 Å². The standard InChI is InChI=1S/C20H28O9.C3H8/c1-4-13(2)18(25)29-12-20(3,11-21)19(26)28-8-7-27-17(24)10-14-5-6-15(22)16(23)9-14;1-3-2/h5-6,9,13,21-23H,4,7-8,10-12H2,1-3H3;3H2,1-2H3. The number of ether oxygens (including phenoxy) is 3. The van der Waals surface area contributed by atoms with Crippen molar-refractivity contribution in [2.24, 2.45) is 11.3 Å². The SMILES string of the molecule is CCC.CCC(C)C(=O)OCC(C)(CO)C(=O)OCCOC(=O)Cc1ccc(O)c(O)c1. The molecule has 0 radical (unpaired) electrons. The fraction of sp³-hybridized carbons (Fsp3) is 0.609. The number of benzene rings is 1. The van der Waals surface area contributed by atoms with E-state index in [0.29, 0.717) is 12.0 Å². The number of phenolic OH excluding ortho intramolecular Hbond substituents is 2. The first kappa shape index (κ1) is 29.2. The third-order valence-corrected chi connectivity index (χ3v) is 4.36. The van der Waals surface area contributed by atoms with Crippen LogP contribution in [0.2, 0.25) is 0 Å². The third kappa shape index (κ3) is 10.5. The van der Waals surface area contributed by atoms with Crippen LogP contribution < -0.4 is 0 Å². The van der Waals surface area contributed by atoms with Gasteiger partial charge in [-0.25, -0.2) is 0 Å². The highest BCUT2D eigenvalue weighted by Gasteiger charge is 2.36. The molecule has 2 atom stereocenters. The Hall–Kier alpha value is -2.81. The summed E-state index contributed by atoms with van der Waals surface area (Å²) in [5.41, 5.74) is -0.977. The van der Waals surface area contributed by atoms with E-state index in [9.17, 15) is 29.7 Å². The molecule has 0 spiro atoms. The average molecular weight is 457 g/mol.